The van der Waals surface area contributed by atoms with Gasteiger partial charge in [0.15, 0.2) is 0 Å². The molecule has 4 aliphatic rings. The number of hydrogen-bond donors (Lipinski definition) is 3. The SMILES string of the molecule is CC1=CC[C@H]2[C@@](C)(CC[C@@H]3[C@@]4(C)CCCC(C)(C)[C@@H]4CC[C@]3(C)O)CCC[C@]2(C)[C@H]1Cc1cc(OS(=O)(=O)O)ccc1OS(=O)(=O)O. The highest BCUT2D eigenvalue weighted by atomic mass is 32.3. The van der Waals surface area contributed by atoms with Crippen molar-refractivity contribution in [2.45, 2.75) is 131 Å². The summed E-state index contributed by atoms with van der Waals surface area (Å²) in [5.41, 5.74) is 1.06. The van der Waals surface area contributed by atoms with Crippen molar-refractivity contribution in [3.05, 3.63) is 35.4 Å². The maximum atomic E-state index is 11.9. The lowest BCUT2D eigenvalue weighted by atomic mass is 9.43. The Morgan fingerprint density at radius 1 is 0.830 bits per heavy atom. The molecule has 1 aromatic rings. The molecule has 0 spiro atoms. The van der Waals surface area contributed by atoms with Crippen LogP contribution in [0.4, 0.5) is 0 Å². The van der Waals surface area contributed by atoms with Gasteiger partial charge < -0.3 is 13.5 Å². The van der Waals surface area contributed by atoms with E-state index in [0.29, 0.717) is 23.8 Å². The minimum absolute atomic E-state index is 0.0235. The van der Waals surface area contributed by atoms with Crippen molar-refractivity contribution in [3.63, 3.8) is 0 Å². The molecule has 1 aromatic carbocycles. The van der Waals surface area contributed by atoms with Crippen molar-refractivity contribution in [1.82, 2.24) is 0 Å². The Hall–Kier alpha value is -1.66. The van der Waals surface area contributed by atoms with E-state index in [2.05, 4.69) is 54.5 Å². The molecule has 0 saturated heterocycles. The van der Waals surface area contributed by atoms with E-state index in [0.717, 1.165) is 57.8 Å². The lowest BCUT2D eigenvalue weighted by Crippen LogP contribution is -2.58. The molecule has 266 valence electrons. The first-order valence-corrected chi connectivity index (χ1v) is 20.1. The normalized spacial score (nSPS) is 38.9. The lowest BCUT2D eigenvalue weighted by Gasteiger charge is -2.62. The van der Waals surface area contributed by atoms with Crippen LogP contribution in [0.25, 0.3) is 0 Å². The van der Waals surface area contributed by atoms with Crippen molar-refractivity contribution < 1.29 is 39.4 Å². The highest BCUT2D eigenvalue weighted by molar-refractivity contribution is 7.81. The van der Waals surface area contributed by atoms with Crippen molar-refractivity contribution >= 4 is 20.8 Å². The van der Waals surface area contributed by atoms with Gasteiger partial charge in [0, 0.05) is 5.56 Å². The number of fused-ring (bicyclic) bond motifs is 2. The fourth-order valence-corrected chi connectivity index (χ4v) is 12.4. The molecule has 9 nitrogen and oxygen atoms in total. The molecule has 0 amide bonds. The Morgan fingerprint density at radius 2 is 1.47 bits per heavy atom. The van der Waals surface area contributed by atoms with Crippen molar-refractivity contribution in [1.29, 1.82) is 0 Å². The summed E-state index contributed by atoms with van der Waals surface area (Å²) in [6.45, 7) is 16.2. The number of aliphatic hydroxyl groups is 1. The molecule has 47 heavy (non-hydrogen) atoms. The smallest absolute Gasteiger partial charge is 0.390 e. The maximum Gasteiger partial charge on any atom is 0.446 e. The van der Waals surface area contributed by atoms with Gasteiger partial charge >= 0.3 is 20.8 Å². The summed E-state index contributed by atoms with van der Waals surface area (Å²) in [6, 6.07) is 3.75. The standard InChI is InChI=1S/C36H56O9S2/c1-24-10-13-30-33(4,20-14-31-35(6)19-8-16-32(2,3)29(35)15-21-36(31,7)37)17-9-18-34(30,5)27(24)23-25-22-26(44-46(38,39)40)11-12-28(25)45-47(41,42)43/h10-12,22,27,29-31,37H,8-9,13-21,23H2,1-7H3,(H,38,39,40)(H,41,42,43)/t27-,29-,30-,31+,33+,34+,35-,36-/m0/s1. The van der Waals surface area contributed by atoms with Gasteiger partial charge in [-0.3, -0.25) is 9.11 Å². The third kappa shape index (κ3) is 7.30. The van der Waals surface area contributed by atoms with E-state index in [-0.39, 0.29) is 45.0 Å². The van der Waals surface area contributed by atoms with Crippen LogP contribution in [0, 0.1) is 45.3 Å². The number of allylic oxidation sites excluding steroid dienone is 2. The average Bonchev–Trinajstić information content (AvgIpc) is 2.89. The zero-order valence-electron chi connectivity index (χ0n) is 29.2. The highest BCUT2D eigenvalue weighted by Crippen LogP contribution is 2.66. The second-order valence-electron chi connectivity index (χ2n) is 17.2. The van der Waals surface area contributed by atoms with Crippen LogP contribution in [0.1, 0.15) is 125 Å². The van der Waals surface area contributed by atoms with E-state index in [1.54, 1.807) is 0 Å². The molecule has 8 atom stereocenters. The van der Waals surface area contributed by atoms with Gasteiger partial charge in [0.1, 0.15) is 11.5 Å². The van der Waals surface area contributed by atoms with E-state index >= 15 is 0 Å². The molecule has 3 N–H and O–H groups in total. The Morgan fingerprint density at radius 3 is 2.13 bits per heavy atom. The summed E-state index contributed by atoms with van der Waals surface area (Å²) in [4.78, 5) is 0. The van der Waals surface area contributed by atoms with Gasteiger partial charge in [-0.25, -0.2) is 0 Å². The third-order valence-electron chi connectivity index (χ3n) is 13.7. The van der Waals surface area contributed by atoms with Crippen molar-refractivity contribution in [2.75, 3.05) is 0 Å². The van der Waals surface area contributed by atoms with Crippen LogP contribution in [-0.4, -0.2) is 36.6 Å². The molecule has 0 aromatic heterocycles. The minimum atomic E-state index is -4.85. The van der Waals surface area contributed by atoms with E-state index in [4.69, 9.17) is 8.37 Å². The molecule has 0 aliphatic heterocycles. The predicted molar refractivity (Wildman–Crippen MR) is 182 cm³/mol. The van der Waals surface area contributed by atoms with Crippen molar-refractivity contribution in [2.24, 2.45) is 45.3 Å². The molecule has 0 heterocycles. The summed E-state index contributed by atoms with van der Waals surface area (Å²) in [7, 11) is -9.66. The third-order valence-corrected chi connectivity index (χ3v) is 14.5. The second-order valence-corrected chi connectivity index (χ2v) is 19.2. The predicted octanol–water partition coefficient (Wildman–Crippen LogP) is 8.15. The summed E-state index contributed by atoms with van der Waals surface area (Å²) < 4.78 is 74.8. The van der Waals surface area contributed by atoms with Gasteiger partial charge in [0.05, 0.1) is 5.60 Å². The second kappa shape index (κ2) is 12.3. The Bertz CT molecular complexity index is 1600. The minimum Gasteiger partial charge on any atom is -0.390 e. The fourth-order valence-electron chi connectivity index (χ4n) is 11.7. The lowest BCUT2D eigenvalue weighted by molar-refractivity contribution is -0.174. The molecule has 0 radical (unpaired) electrons. The van der Waals surface area contributed by atoms with Crippen LogP contribution in [0.15, 0.2) is 29.8 Å². The molecule has 0 bridgehead atoms. The summed E-state index contributed by atoms with van der Waals surface area (Å²) in [6.07, 6.45) is 14.2. The molecule has 4 aliphatic carbocycles. The Kier molecular flexibility index (Phi) is 9.57. The zero-order valence-corrected chi connectivity index (χ0v) is 30.8. The highest BCUT2D eigenvalue weighted by Gasteiger charge is 2.59. The molecule has 0 unspecified atom stereocenters. The van der Waals surface area contributed by atoms with E-state index < -0.39 is 26.4 Å². The molecule has 11 heteroatoms. The zero-order chi connectivity index (χ0) is 34.8. The molecular formula is C36H56O9S2. The Balaban J connectivity index is 1.45. The molecule has 3 saturated carbocycles. The fraction of sp³-hybridized carbons (Fsp3) is 0.778. The van der Waals surface area contributed by atoms with E-state index in [9.17, 15) is 31.0 Å². The van der Waals surface area contributed by atoms with Crippen molar-refractivity contribution in [3.8, 4) is 11.5 Å². The largest absolute Gasteiger partial charge is 0.446 e. The van der Waals surface area contributed by atoms with Gasteiger partial charge in [0.25, 0.3) is 0 Å². The van der Waals surface area contributed by atoms with Crippen LogP contribution in [0.5, 0.6) is 11.5 Å². The van der Waals surface area contributed by atoms with E-state index in [1.807, 2.05) is 0 Å². The van der Waals surface area contributed by atoms with Gasteiger partial charge in [-0.2, -0.15) is 16.8 Å². The molecule has 5 rings (SSSR count). The monoisotopic (exact) mass is 696 g/mol. The van der Waals surface area contributed by atoms with Crippen LogP contribution in [0.2, 0.25) is 0 Å². The Labute approximate surface area is 282 Å². The molecular weight excluding hydrogens is 641 g/mol. The quantitative estimate of drug-likeness (QED) is 0.172. The number of hydrogen-bond acceptors (Lipinski definition) is 7. The van der Waals surface area contributed by atoms with Crippen LogP contribution >= 0.6 is 0 Å². The first-order valence-electron chi connectivity index (χ1n) is 17.3. The summed E-state index contributed by atoms with van der Waals surface area (Å²) in [5, 5.41) is 11.9. The van der Waals surface area contributed by atoms with Crippen LogP contribution in [0.3, 0.4) is 0 Å². The topological polar surface area (TPSA) is 147 Å². The maximum absolute atomic E-state index is 11.9. The van der Waals surface area contributed by atoms with Gasteiger partial charge in [-0.1, -0.05) is 59.1 Å². The van der Waals surface area contributed by atoms with Crippen LogP contribution < -0.4 is 8.37 Å². The average molecular weight is 697 g/mol. The summed E-state index contributed by atoms with van der Waals surface area (Å²) in [5.74, 6) is 0.827. The summed E-state index contributed by atoms with van der Waals surface area (Å²) >= 11 is 0. The van der Waals surface area contributed by atoms with E-state index in [1.165, 1.54) is 36.6 Å². The van der Waals surface area contributed by atoms with Gasteiger partial charge in [0.2, 0.25) is 0 Å². The number of rotatable bonds is 9. The van der Waals surface area contributed by atoms with Gasteiger partial charge in [-0.15, -0.1) is 0 Å². The van der Waals surface area contributed by atoms with Gasteiger partial charge in [-0.05, 0) is 142 Å². The first kappa shape index (κ1) is 36.6. The molecule has 3 fully saturated rings. The van der Waals surface area contributed by atoms with Crippen LogP contribution in [-0.2, 0) is 27.2 Å². The number of benzene rings is 1. The first-order chi connectivity index (χ1) is 21.5.